The summed E-state index contributed by atoms with van der Waals surface area (Å²) in [5, 5.41) is 11.4. The van der Waals surface area contributed by atoms with E-state index >= 15 is 0 Å². The van der Waals surface area contributed by atoms with Gasteiger partial charge in [0.05, 0.1) is 29.3 Å². The highest BCUT2D eigenvalue weighted by molar-refractivity contribution is 6.51. The third kappa shape index (κ3) is 3.85. The second kappa shape index (κ2) is 8.67. The second-order valence-corrected chi connectivity index (χ2v) is 7.90. The van der Waals surface area contributed by atoms with Gasteiger partial charge in [0.15, 0.2) is 0 Å². The lowest BCUT2D eigenvalue weighted by Gasteiger charge is -2.26. The topological polar surface area (TPSA) is 66.8 Å². The Morgan fingerprint density at radius 1 is 1.06 bits per heavy atom. The molecule has 0 spiro atoms. The predicted molar refractivity (Wildman–Crippen MR) is 120 cm³/mol. The molecule has 1 saturated heterocycles. The summed E-state index contributed by atoms with van der Waals surface area (Å²) < 4.78 is 33.7. The summed E-state index contributed by atoms with van der Waals surface area (Å²) in [6.07, 6.45) is 0. The molecule has 3 aromatic rings. The van der Waals surface area contributed by atoms with Crippen molar-refractivity contribution in [1.29, 1.82) is 0 Å². The van der Waals surface area contributed by atoms with E-state index < -0.39 is 35.1 Å². The van der Waals surface area contributed by atoms with Crippen molar-refractivity contribution in [3.8, 4) is 5.75 Å². The van der Waals surface area contributed by atoms with E-state index in [-0.39, 0.29) is 33.2 Å². The Bertz CT molecular complexity index is 1300. The molecule has 1 aliphatic heterocycles. The molecule has 1 amide bonds. The van der Waals surface area contributed by atoms with E-state index in [1.165, 1.54) is 37.4 Å². The van der Waals surface area contributed by atoms with Crippen LogP contribution >= 0.6 is 11.6 Å². The Hall–Kier alpha value is -3.71. The van der Waals surface area contributed by atoms with Gasteiger partial charge in [-0.05, 0) is 55.0 Å². The number of hydrogen-bond acceptors (Lipinski definition) is 4. The number of aliphatic hydroxyl groups excluding tert-OH is 1. The zero-order valence-corrected chi connectivity index (χ0v) is 18.4. The van der Waals surface area contributed by atoms with Crippen LogP contribution in [-0.2, 0) is 9.59 Å². The standard InChI is InChI=1S/C25H18ClF2NO4/c1-13-11-17(24(33-2)18(26)12-13)22(30)20-21(16-5-3-4-6-19(16)28)29(25(32)23(20)31)15-9-7-14(27)8-10-15/h3-12,21,30H,1-2H3/b22-20+. The van der Waals surface area contributed by atoms with Gasteiger partial charge in [0.25, 0.3) is 11.7 Å². The van der Waals surface area contributed by atoms with Gasteiger partial charge in [-0.3, -0.25) is 14.5 Å². The normalized spacial score (nSPS) is 17.5. The molecule has 1 atom stereocenters. The molecular weight excluding hydrogens is 452 g/mol. The number of aliphatic hydroxyl groups is 1. The molecule has 8 heteroatoms. The number of methoxy groups -OCH3 is 1. The maximum absolute atomic E-state index is 14.9. The fourth-order valence-corrected chi connectivity index (χ4v) is 4.30. The second-order valence-electron chi connectivity index (χ2n) is 7.49. The minimum Gasteiger partial charge on any atom is -0.507 e. The van der Waals surface area contributed by atoms with Crippen molar-refractivity contribution in [3.63, 3.8) is 0 Å². The summed E-state index contributed by atoms with van der Waals surface area (Å²) in [6.45, 7) is 1.73. The number of Topliss-reactive ketones (excluding diaryl/α,β-unsaturated/α-hetero) is 1. The first-order valence-electron chi connectivity index (χ1n) is 9.90. The first-order chi connectivity index (χ1) is 15.7. The summed E-state index contributed by atoms with van der Waals surface area (Å²) >= 11 is 6.25. The highest BCUT2D eigenvalue weighted by Crippen LogP contribution is 2.45. The van der Waals surface area contributed by atoms with Crippen LogP contribution in [-0.4, -0.2) is 23.9 Å². The van der Waals surface area contributed by atoms with E-state index in [2.05, 4.69) is 0 Å². The summed E-state index contributed by atoms with van der Waals surface area (Å²) in [4.78, 5) is 27.3. The van der Waals surface area contributed by atoms with Crippen LogP contribution in [0, 0.1) is 18.6 Å². The van der Waals surface area contributed by atoms with Gasteiger partial charge in [0.1, 0.15) is 23.1 Å². The van der Waals surface area contributed by atoms with Crippen LogP contribution in [0.1, 0.15) is 22.7 Å². The molecule has 1 fully saturated rings. The van der Waals surface area contributed by atoms with Crippen molar-refractivity contribution in [2.75, 3.05) is 12.0 Å². The zero-order valence-electron chi connectivity index (χ0n) is 17.6. The number of amides is 1. The van der Waals surface area contributed by atoms with Gasteiger partial charge in [-0.1, -0.05) is 29.8 Å². The molecule has 4 rings (SSSR count). The molecule has 0 bridgehead atoms. The summed E-state index contributed by atoms with van der Waals surface area (Å²) in [5.74, 6) is -3.71. The number of ketones is 1. The van der Waals surface area contributed by atoms with Gasteiger partial charge in [-0.2, -0.15) is 0 Å². The van der Waals surface area contributed by atoms with E-state index in [0.29, 0.717) is 5.56 Å². The molecule has 1 N–H and O–H groups in total. The average Bonchev–Trinajstić information content (AvgIpc) is 3.04. The molecule has 0 saturated carbocycles. The van der Waals surface area contributed by atoms with Gasteiger partial charge in [0, 0.05) is 11.3 Å². The van der Waals surface area contributed by atoms with Gasteiger partial charge in [0.2, 0.25) is 0 Å². The van der Waals surface area contributed by atoms with Gasteiger partial charge >= 0.3 is 0 Å². The highest BCUT2D eigenvalue weighted by atomic mass is 35.5. The number of halogens is 3. The maximum atomic E-state index is 14.9. The number of carbonyl (C=O) groups excluding carboxylic acids is 2. The molecule has 1 aliphatic rings. The lowest BCUT2D eigenvalue weighted by atomic mass is 9.94. The number of hydrogen-bond donors (Lipinski definition) is 1. The van der Waals surface area contributed by atoms with Crippen molar-refractivity contribution in [2.24, 2.45) is 0 Å². The fraction of sp³-hybridized carbons (Fsp3) is 0.120. The number of nitrogens with zero attached hydrogens (tertiary/aromatic N) is 1. The zero-order chi connectivity index (χ0) is 23.9. The number of carbonyl (C=O) groups is 2. The van der Waals surface area contributed by atoms with E-state index in [1.54, 1.807) is 25.1 Å². The van der Waals surface area contributed by atoms with Crippen molar-refractivity contribution in [1.82, 2.24) is 0 Å². The van der Waals surface area contributed by atoms with E-state index in [9.17, 15) is 23.5 Å². The van der Waals surface area contributed by atoms with Crippen LogP contribution in [0.5, 0.6) is 5.75 Å². The highest BCUT2D eigenvalue weighted by Gasteiger charge is 2.48. The molecule has 33 heavy (non-hydrogen) atoms. The van der Waals surface area contributed by atoms with Crippen LogP contribution in [0.4, 0.5) is 14.5 Å². The molecular formula is C25H18ClF2NO4. The molecule has 168 valence electrons. The van der Waals surface area contributed by atoms with E-state index in [1.807, 2.05) is 0 Å². The first kappa shape index (κ1) is 22.5. The summed E-state index contributed by atoms with van der Waals surface area (Å²) in [5.41, 5.74) is 0.563. The van der Waals surface area contributed by atoms with Crippen molar-refractivity contribution in [2.45, 2.75) is 13.0 Å². The van der Waals surface area contributed by atoms with Crippen LogP contribution in [0.25, 0.3) is 5.76 Å². The number of ether oxygens (including phenoxy) is 1. The Morgan fingerprint density at radius 3 is 2.36 bits per heavy atom. The molecule has 1 heterocycles. The van der Waals surface area contributed by atoms with Crippen LogP contribution in [0.3, 0.4) is 0 Å². The average molecular weight is 470 g/mol. The molecule has 5 nitrogen and oxygen atoms in total. The fourth-order valence-electron chi connectivity index (χ4n) is 3.95. The smallest absolute Gasteiger partial charge is 0.300 e. The van der Waals surface area contributed by atoms with Crippen LogP contribution in [0.2, 0.25) is 5.02 Å². The number of benzene rings is 3. The third-order valence-corrected chi connectivity index (χ3v) is 5.68. The van der Waals surface area contributed by atoms with Gasteiger partial charge < -0.3 is 9.84 Å². The van der Waals surface area contributed by atoms with Gasteiger partial charge in [-0.25, -0.2) is 8.78 Å². The lowest BCUT2D eigenvalue weighted by Crippen LogP contribution is -2.29. The Balaban J connectivity index is 2.03. The molecule has 1 unspecified atom stereocenters. The number of rotatable bonds is 4. The van der Waals surface area contributed by atoms with E-state index in [4.69, 9.17) is 16.3 Å². The first-order valence-corrected chi connectivity index (χ1v) is 10.3. The Morgan fingerprint density at radius 2 is 1.73 bits per heavy atom. The molecule has 3 aromatic carbocycles. The van der Waals surface area contributed by atoms with Crippen molar-refractivity contribution >= 4 is 34.7 Å². The third-order valence-electron chi connectivity index (χ3n) is 5.40. The quantitative estimate of drug-likeness (QED) is 0.308. The van der Waals surface area contributed by atoms with Crippen LogP contribution in [0.15, 0.2) is 66.2 Å². The summed E-state index contributed by atoms with van der Waals surface area (Å²) in [6, 6.07) is 12.3. The maximum Gasteiger partial charge on any atom is 0.300 e. The van der Waals surface area contributed by atoms with Crippen molar-refractivity contribution < 1.29 is 28.2 Å². The largest absolute Gasteiger partial charge is 0.507 e. The Labute approximate surface area is 193 Å². The minimum atomic E-state index is -1.30. The van der Waals surface area contributed by atoms with Gasteiger partial charge in [-0.15, -0.1) is 0 Å². The minimum absolute atomic E-state index is 0.0136. The van der Waals surface area contributed by atoms with E-state index in [0.717, 1.165) is 17.0 Å². The monoisotopic (exact) mass is 469 g/mol. The lowest BCUT2D eigenvalue weighted by molar-refractivity contribution is -0.132. The van der Waals surface area contributed by atoms with Crippen LogP contribution < -0.4 is 9.64 Å². The van der Waals surface area contributed by atoms with Crippen molar-refractivity contribution in [3.05, 3.63) is 99.6 Å². The summed E-state index contributed by atoms with van der Waals surface area (Å²) in [7, 11) is 1.35. The number of anilines is 1. The Kier molecular flexibility index (Phi) is 5.91. The SMILES string of the molecule is COc1c(Cl)cc(C)cc1/C(O)=C1\C(=O)C(=O)N(c2ccc(F)cc2)C1c1ccccc1F. The number of aryl methyl sites for hydroxylation is 1. The molecule has 0 radical (unpaired) electrons. The predicted octanol–water partition coefficient (Wildman–Crippen LogP) is 5.56. The molecule has 0 aromatic heterocycles. The molecule has 0 aliphatic carbocycles.